The van der Waals surface area contributed by atoms with E-state index in [1.807, 2.05) is 24.3 Å². The number of carbonyl (C=O) groups is 1. The number of non-ortho nitro benzene ring substituents is 1. The number of ether oxygens (including phenoxy) is 2. The normalized spacial score (nSPS) is 12.2. The number of amides is 1. The Hall–Kier alpha value is -4.84. The number of carbonyl (C=O) groups excluding carboxylic acids is 1. The average Bonchev–Trinajstić information content (AvgIpc) is 3.52. The SMILES string of the molecule is O=C(CSc1nc2c([nH]c3ccccc32)c(=O)n1-c1ccc([N+](=O)[O-])cc1)Nc1ccc2c(c1)OCO2. The highest BCUT2D eigenvalue weighted by molar-refractivity contribution is 7.99. The minimum atomic E-state index is -0.512. The summed E-state index contributed by atoms with van der Waals surface area (Å²) in [5.74, 6) is 0.800. The van der Waals surface area contributed by atoms with E-state index in [9.17, 15) is 19.7 Å². The molecule has 12 heteroatoms. The second-order valence-corrected chi connectivity index (χ2v) is 9.05. The third-order valence-corrected chi connectivity index (χ3v) is 6.74. The zero-order valence-electron chi connectivity index (χ0n) is 19.0. The van der Waals surface area contributed by atoms with Gasteiger partial charge in [0.25, 0.3) is 11.2 Å². The van der Waals surface area contributed by atoms with E-state index in [0.717, 1.165) is 22.7 Å². The molecular formula is C25H17N5O6S. The highest BCUT2D eigenvalue weighted by Gasteiger charge is 2.19. The number of H-pyrrole nitrogens is 1. The van der Waals surface area contributed by atoms with Gasteiger partial charge >= 0.3 is 0 Å². The van der Waals surface area contributed by atoms with E-state index in [2.05, 4.69) is 10.3 Å². The summed E-state index contributed by atoms with van der Waals surface area (Å²) in [4.78, 5) is 44.8. The molecule has 0 bridgehead atoms. The molecule has 0 aliphatic carbocycles. The standard InChI is InChI=1S/C25H17N5O6S/c31-21(26-14-5-10-19-20(11-14)36-13-35-19)12-37-25-28-22-17-3-1-2-4-18(17)27-23(22)24(32)29(25)15-6-8-16(9-7-15)30(33)34/h1-11,27H,12-13H2,(H,26,31). The van der Waals surface area contributed by atoms with Crippen molar-refractivity contribution >= 4 is 51.0 Å². The Balaban J connectivity index is 1.36. The van der Waals surface area contributed by atoms with Gasteiger partial charge < -0.3 is 19.8 Å². The molecule has 3 heterocycles. The first kappa shape index (κ1) is 22.6. The van der Waals surface area contributed by atoms with Crippen molar-refractivity contribution in [3.05, 3.63) is 87.2 Å². The van der Waals surface area contributed by atoms with Crippen LogP contribution < -0.4 is 20.3 Å². The summed E-state index contributed by atoms with van der Waals surface area (Å²) in [6.45, 7) is 0.130. The van der Waals surface area contributed by atoms with Crippen molar-refractivity contribution in [2.45, 2.75) is 5.16 Å². The molecule has 2 N–H and O–H groups in total. The van der Waals surface area contributed by atoms with Crippen LogP contribution in [0.2, 0.25) is 0 Å². The molecule has 37 heavy (non-hydrogen) atoms. The smallest absolute Gasteiger partial charge is 0.283 e. The van der Waals surface area contributed by atoms with Crippen LogP contribution in [0.15, 0.2) is 76.7 Å². The number of nitrogens with zero attached hydrogens (tertiary/aromatic N) is 3. The zero-order valence-corrected chi connectivity index (χ0v) is 19.8. The van der Waals surface area contributed by atoms with Crippen molar-refractivity contribution in [1.29, 1.82) is 0 Å². The van der Waals surface area contributed by atoms with Gasteiger partial charge in [-0.05, 0) is 30.3 Å². The number of aromatic amines is 1. The number of rotatable bonds is 6. The van der Waals surface area contributed by atoms with Crippen molar-refractivity contribution in [3.8, 4) is 17.2 Å². The van der Waals surface area contributed by atoms with Crippen LogP contribution in [0.5, 0.6) is 11.5 Å². The van der Waals surface area contributed by atoms with E-state index in [1.165, 1.54) is 28.8 Å². The van der Waals surface area contributed by atoms with Crippen molar-refractivity contribution in [1.82, 2.24) is 14.5 Å². The van der Waals surface area contributed by atoms with E-state index in [-0.39, 0.29) is 34.9 Å². The lowest BCUT2D eigenvalue weighted by Gasteiger charge is -2.12. The number of nitro benzene ring substituents is 1. The van der Waals surface area contributed by atoms with Gasteiger partial charge in [-0.3, -0.25) is 24.3 Å². The van der Waals surface area contributed by atoms with Gasteiger partial charge in [0.1, 0.15) is 11.0 Å². The number of fused-ring (bicyclic) bond motifs is 4. The lowest BCUT2D eigenvalue weighted by Crippen LogP contribution is -2.23. The molecule has 0 radical (unpaired) electrons. The zero-order chi connectivity index (χ0) is 25.5. The first-order valence-electron chi connectivity index (χ1n) is 11.1. The van der Waals surface area contributed by atoms with Gasteiger partial charge in [0.2, 0.25) is 12.7 Å². The van der Waals surface area contributed by atoms with Crippen LogP contribution in [-0.4, -0.2) is 37.9 Å². The number of hydrogen-bond donors (Lipinski definition) is 2. The van der Waals surface area contributed by atoms with Crippen LogP contribution in [0, 0.1) is 10.1 Å². The summed E-state index contributed by atoms with van der Waals surface area (Å²) in [6.07, 6.45) is 0. The molecule has 0 unspecified atom stereocenters. The van der Waals surface area contributed by atoms with Crippen molar-refractivity contribution in [3.63, 3.8) is 0 Å². The summed E-state index contributed by atoms with van der Waals surface area (Å²) in [5, 5.41) is 15.0. The van der Waals surface area contributed by atoms with Gasteiger partial charge in [0.15, 0.2) is 16.7 Å². The maximum absolute atomic E-state index is 13.6. The Bertz CT molecular complexity index is 1760. The largest absolute Gasteiger partial charge is 0.454 e. The van der Waals surface area contributed by atoms with Gasteiger partial charge in [-0.2, -0.15) is 0 Å². The Morgan fingerprint density at radius 2 is 1.89 bits per heavy atom. The first-order chi connectivity index (χ1) is 18.0. The monoisotopic (exact) mass is 515 g/mol. The fourth-order valence-electron chi connectivity index (χ4n) is 4.09. The molecule has 3 aromatic carbocycles. The molecule has 0 spiro atoms. The molecule has 1 amide bonds. The van der Waals surface area contributed by atoms with Crippen LogP contribution in [0.3, 0.4) is 0 Å². The number of benzene rings is 3. The Morgan fingerprint density at radius 1 is 1.11 bits per heavy atom. The van der Waals surface area contributed by atoms with E-state index in [0.29, 0.717) is 33.9 Å². The van der Waals surface area contributed by atoms with Crippen molar-refractivity contribution in [2.24, 2.45) is 0 Å². The molecule has 0 atom stereocenters. The number of para-hydroxylation sites is 1. The van der Waals surface area contributed by atoms with Gasteiger partial charge in [-0.25, -0.2) is 4.98 Å². The molecule has 0 saturated carbocycles. The number of nitrogens with one attached hydrogen (secondary N) is 2. The van der Waals surface area contributed by atoms with Gasteiger partial charge in [0, 0.05) is 34.8 Å². The molecule has 11 nitrogen and oxygen atoms in total. The highest BCUT2D eigenvalue weighted by atomic mass is 32.2. The fraction of sp³-hybridized carbons (Fsp3) is 0.0800. The van der Waals surface area contributed by atoms with Crippen molar-refractivity contribution in [2.75, 3.05) is 17.9 Å². The maximum atomic E-state index is 13.6. The summed E-state index contributed by atoms with van der Waals surface area (Å²) in [5.41, 5.74) is 1.98. The van der Waals surface area contributed by atoms with Gasteiger partial charge in [0.05, 0.1) is 16.4 Å². The minimum Gasteiger partial charge on any atom is -0.454 e. The highest BCUT2D eigenvalue weighted by Crippen LogP contribution is 2.34. The summed E-state index contributed by atoms with van der Waals surface area (Å²) in [6, 6.07) is 18.1. The Morgan fingerprint density at radius 3 is 2.70 bits per heavy atom. The van der Waals surface area contributed by atoms with Gasteiger partial charge in [-0.15, -0.1) is 0 Å². The lowest BCUT2D eigenvalue weighted by atomic mass is 10.2. The number of hydrogen-bond acceptors (Lipinski definition) is 8. The topological polar surface area (TPSA) is 141 Å². The Labute approximate surface area is 212 Å². The van der Waals surface area contributed by atoms with Crippen LogP contribution in [0.1, 0.15) is 0 Å². The van der Waals surface area contributed by atoms with E-state index < -0.39 is 4.92 Å². The predicted molar refractivity (Wildman–Crippen MR) is 138 cm³/mol. The molecule has 184 valence electrons. The lowest BCUT2D eigenvalue weighted by molar-refractivity contribution is -0.384. The second-order valence-electron chi connectivity index (χ2n) is 8.11. The number of thioether (sulfide) groups is 1. The Kier molecular flexibility index (Phi) is 5.49. The van der Waals surface area contributed by atoms with Crippen LogP contribution >= 0.6 is 11.8 Å². The second kappa shape index (κ2) is 8.99. The maximum Gasteiger partial charge on any atom is 0.283 e. The summed E-state index contributed by atoms with van der Waals surface area (Å²) in [7, 11) is 0. The molecule has 1 aliphatic rings. The molecule has 0 saturated heterocycles. The molecule has 2 aromatic heterocycles. The third-order valence-electron chi connectivity index (χ3n) is 5.80. The summed E-state index contributed by atoms with van der Waals surface area (Å²) < 4.78 is 12.0. The average molecular weight is 516 g/mol. The van der Waals surface area contributed by atoms with Gasteiger partial charge in [-0.1, -0.05) is 30.0 Å². The molecule has 1 aliphatic heterocycles. The minimum absolute atomic E-state index is 0.0400. The number of nitro groups is 1. The molecule has 0 fully saturated rings. The predicted octanol–water partition coefficient (Wildman–Crippen LogP) is 4.23. The first-order valence-corrected chi connectivity index (χ1v) is 12.1. The van der Waals surface area contributed by atoms with E-state index >= 15 is 0 Å². The molecule has 5 aromatic rings. The quantitative estimate of drug-likeness (QED) is 0.148. The van der Waals surface area contributed by atoms with E-state index in [4.69, 9.17) is 14.5 Å². The van der Waals surface area contributed by atoms with Crippen LogP contribution in [0.4, 0.5) is 11.4 Å². The summed E-state index contributed by atoms with van der Waals surface area (Å²) >= 11 is 1.08. The van der Waals surface area contributed by atoms with Crippen LogP contribution in [0.25, 0.3) is 27.6 Å². The van der Waals surface area contributed by atoms with Crippen LogP contribution in [-0.2, 0) is 4.79 Å². The molecular weight excluding hydrogens is 498 g/mol. The van der Waals surface area contributed by atoms with E-state index in [1.54, 1.807) is 18.2 Å². The number of anilines is 1. The third kappa shape index (κ3) is 4.12. The fourth-order valence-corrected chi connectivity index (χ4v) is 4.90. The van der Waals surface area contributed by atoms with Crippen molar-refractivity contribution < 1.29 is 19.2 Å². The number of aromatic nitrogens is 3. The molecule has 6 rings (SSSR count).